The Morgan fingerprint density at radius 3 is 2.61 bits per heavy atom. The van der Waals surface area contributed by atoms with E-state index in [1.165, 1.54) is 5.56 Å². The lowest BCUT2D eigenvalue weighted by atomic mass is 10.0. The molecular weight excluding hydrogens is 310 g/mol. The van der Waals surface area contributed by atoms with Crippen molar-refractivity contribution < 1.29 is 4.79 Å². The maximum absolute atomic E-state index is 12.7. The second-order valence-electron chi connectivity index (χ2n) is 5.92. The van der Waals surface area contributed by atoms with E-state index in [4.69, 9.17) is 11.6 Å². The summed E-state index contributed by atoms with van der Waals surface area (Å²) in [7, 11) is 1.81. The first-order chi connectivity index (χ1) is 11.0. The zero-order valence-electron chi connectivity index (χ0n) is 13.2. The fourth-order valence-corrected chi connectivity index (χ4v) is 2.99. The number of benzene rings is 2. The van der Waals surface area contributed by atoms with Crippen molar-refractivity contribution in [3.05, 3.63) is 64.7 Å². The Labute approximate surface area is 141 Å². The number of hydrazine groups is 1. The van der Waals surface area contributed by atoms with Gasteiger partial charge in [0.1, 0.15) is 6.04 Å². The third kappa shape index (κ3) is 3.55. The van der Waals surface area contributed by atoms with Crippen molar-refractivity contribution >= 4 is 23.2 Å². The topological polar surface area (TPSA) is 44.4 Å². The molecule has 120 valence electrons. The highest BCUT2D eigenvalue weighted by atomic mass is 35.5. The SMILES string of the molecule is Cc1ccc(N(C)C(=O)C2CC(c3cccc(Cl)c3)NN2)cc1. The summed E-state index contributed by atoms with van der Waals surface area (Å²) in [6, 6.07) is 15.5. The summed E-state index contributed by atoms with van der Waals surface area (Å²) in [4.78, 5) is 14.4. The van der Waals surface area contributed by atoms with Crippen LogP contribution in [0.5, 0.6) is 0 Å². The molecular formula is C18H20ClN3O. The summed E-state index contributed by atoms with van der Waals surface area (Å²) in [5.41, 5.74) is 9.45. The predicted octanol–water partition coefficient (Wildman–Crippen LogP) is 3.22. The summed E-state index contributed by atoms with van der Waals surface area (Å²) in [5.74, 6) is 0.0471. The molecule has 1 fully saturated rings. The van der Waals surface area contributed by atoms with Gasteiger partial charge in [-0.2, -0.15) is 0 Å². The fraction of sp³-hybridized carbons (Fsp3) is 0.278. The lowest BCUT2D eigenvalue weighted by Gasteiger charge is -2.21. The van der Waals surface area contributed by atoms with Gasteiger partial charge in [-0.3, -0.25) is 4.79 Å². The molecule has 2 aromatic rings. The van der Waals surface area contributed by atoms with Gasteiger partial charge >= 0.3 is 0 Å². The van der Waals surface area contributed by atoms with Gasteiger partial charge in [0.15, 0.2) is 0 Å². The summed E-state index contributed by atoms with van der Waals surface area (Å²) >= 11 is 6.04. The molecule has 1 aliphatic heterocycles. The van der Waals surface area contributed by atoms with Crippen molar-refractivity contribution in [2.24, 2.45) is 0 Å². The number of halogens is 1. The van der Waals surface area contributed by atoms with Gasteiger partial charge in [0.05, 0.1) is 0 Å². The van der Waals surface area contributed by atoms with Crippen molar-refractivity contribution in [1.29, 1.82) is 0 Å². The van der Waals surface area contributed by atoms with Gasteiger partial charge in [-0.1, -0.05) is 41.4 Å². The Morgan fingerprint density at radius 2 is 1.91 bits per heavy atom. The molecule has 2 aromatic carbocycles. The molecule has 2 atom stereocenters. The highest BCUT2D eigenvalue weighted by Gasteiger charge is 2.32. The van der Waals surface area contributed by atoms with Crippen LogP contribution in [0.4, 0.5) is 5.69 Å². The normalized spacial score (nSPS) is 20.5. The molecule has 5 heteroatoms. The molecule has 1 heterocycles. The molecule has 1 aliphatic rings. The molecule has 23 heavy (non-hydrogen) atoms. The summed E-state index contributed by atoms with van der Waals surface area (Å²) in [6.45, 7) is 2.03. The number of carbonyl (C=O) groups is 1. The molecule has 0 aromatic heterocycles. The first kappa shape index (κ1) is 16.0. The smallest absolute Gasteiger partial charge is 0.245 e. The first-order valence-corrected chi connectivity index (χ1v) is 8.03. The zero-order chi connectivity index (χ0) is 16.4. The number of hydrogen-bond donors (Lipinski definition) is 2. The van der Waals surface area contributed by atoms with Crippen LogP contribution in [0.25, 0.3) is 0 Å². The summed E-state index contributed by atoms with van der Waals surface area (Å²) < 4.78 is 0. The highest BCUT2D eigenvalue weighted by molar-refractivity contribution is 6.30. The molecule has 4 nitrogen and oxygen atoms in total. The molecule has 0 saturated carbocycles. The summed E-state index contributed by atoms with van der Waals surface area (Å²) in [6.07, 6.45) is 0.690. The van der Waals surface area contributed by atoms with Crippen molar-refractivity contribution in [2.45, 2.75) is 25.4 Å². The van der Waals surface area contributed by atoms with E-state index in [0.29, 0.717) is 11.4 Å². The van der Waals surface area contributed by atoms with Crippen LogP contribution in [0.1, 0.15) is 23.6 Å². The van der Waals surface area contributed by atoms with E-state index < -0.39 is 0 Å². The van der Waals surface area contributed by atoms with Crippen LogP contribution in [-0.2, 0) is 4.79 Å². The predicted molar refractivity (Wildman–Crippen MR) is 93.5 cm³/mol. The van der Waals surface area contributed by atoms with E-state index in [1.807, 2.05) is 55.5 Å². The minimum absolute atomic E-state index is 0.0471. The van der Waals surface area contributed by atoms with E-state index in [2.05, 4.69) is 10.9 Å². The van der Waals surface area contributed by atoms with Crippen LogP contribution in [-0.4, -0.2) is 19.0 Å². The third-order valence-electron chi connectivity index (χ3n) is 4.20. The van der Waals surface area contributed by atoms with Gasteiger partial charge in [-0.25, -0.2) is 10.9 Å². The Balaban J connectivity index is 1.68. The monoisotopic (exact) mass is 329 g/mol. The van der Waals surface area contributed by atoms with Crippen molar-refractivity contribution in [3.8, 4) is 0 Å². The Bertz CT molecular complexity index is 702. The Hall–Kier alpha value is -1.88. The third-order valence-corrected chi connectivity index (χ3v) is 4.44. The number of amides is 1. The number of anilines is 1. The molecule has 3 rings (SSSR count). The van der Waals surface area contributed by atoms with E-state index in [0.717, 1.165) is 11.3 Å². The van der Waals surface area contributed by atoms with Crippen molar-refractivity contribution in [1.82, 2.24) is 10.9 Å². The van der Waals surface area contributed by atoms with Gasteiger partial charge in [-0.15, -0.1) is 0 Å². The van der Waals surface area contributed by atoms with E-state index in [-0.39, 0.29) is 18.0 Å². The van der Waals surface area contributed by atoms with Gasteiger partial charge < -0.3 is 4.90 Å². The van der Waals surface area contributed by atoms with E-state index >= 15 is 0 Å². The summed E-state index contributed by atoms with van der Waals surface area (Å²) in [5, 5.41) is 0.704. The molecule has 0 aliphatic carbocycles. The van der Waals surface area contributed by atoms with E-state index in [1.54, 1.807) is 11.9 Å². The van der Waals surface area contributed by atoms with Crippen LogP contribution in [0, 0.1) is 6.92 Å². The number of nitrogens with one attached hydrogen (secondary N) is 2. The van der Waals surface area contributed by atoms with Gasteiger partial charge in [-0.05, 0) is 43.2 Å². The fourth-order valence-electron chi connectivity index (χ4n) is 2.79. The number of rotatable bonds is 3. The molecule has 2 unspecified atom stereocenters. The average Bonchev–Trinajstić information content (AvgIpc) is 3.04. The average molecular weight is 330 g/mol. The number of nitrogens with zero attached hydrogens (tertiary/aromatic N) is 1. The number of likely N-dealkylation sites (N-methyl/N-ethyl adjacent to an activating group) is 1. The standard InChI is InChI=1S/C18H20ClN3O/c1-12-6-8-15(9-7-12)22(2)18(23)17-11-16(20-21-17)13-4-3-5-14(19)10-13/h3-10,16-17,20-21H,11H2,1-2H3. The molecule has 1 saturated heterocycles. The van der Waals surface area contributed by atoms with Gasteiger partial charge in [0.25, 0.3) is 0 Å². The number of aryl methyl sites for hydroxylation is 1. The van der Waals surface area contributed by atoms with Gasteiger partial charge in [0.2, 0.25) is 5.91 Å². The van der Waals surface area contributed by atoms with Crippen LogP contribution >= 0.6 is 11.6 Å². The van der Waals surface area contributed by atoms with Crippen molar-refractivity contribution in [3.63, 3.8) is 0 Å². The van der Waals surface area contributed by atoms with Crippen LogP contribution in [0.3, 0.4) is 0 Å². The maximum Gasteiger partial charge on any atom is 0.245 e. The molecule has 0 radical (unpaired) electrons. The molecule has 2 N–H and O–H groups in total. The van der Waals surface area contributed by atoms with E-state index in [9.17, 15) is 4.79 Å². The zero-order valence-corrected chi connectivity index (χ0v) is 14.0. The number of carbonyl (C=O) groups excluding carboxylic acids is 1. The van der Waals surface area contributed by atoms with Crippen LogP contribution in [0.15, 0.2) is 48.5 Å². The maximum atomic E-state index is 12.7. The Morgan fingerprint density at radius 1 is 1.17 bits per heavy atom. The van der Waals surface area contributed by atoms with Crippen LogP contribution < -0.4 is 15.8 Å². The minimum Gasteiger partial charge on any atom is -0.314 e. The second kappa shape index (κ2) is 6.71. The van der Waals surface area contributed by atoms with Gasteiger partial charge in [0, 0.05) is 23.8 Å². The lowest BCUT2D eigenvalue weighted by molar-refractivity contribution is -0.120. The first-order valence-electron chi connectivity index (χ1n) is 7.65. The minimum atomic E-state index is -0.259. The van der Waals surface area contributed by atoms with Crippen LogP contribution in [0.2, 0.25) is 5.02 Å². The highest BCUT2D eigenvalue weighted by Crippen LogP contribution is 2.26. The lowest BCUT2D eigenvalue weighted by Crippen LogP contribution is -2.44. The van der Waals surface area contributed by atoms with Crippen molar-refractivity contribution in [2.75, 3.05) is 11.9 Å². The number of hydrogen-bond acceptors (Lipinski definition) is 3. The second-order valence-corrected chi connectivity index (χ2v) is 6.35. The Kier molecular flexibility index (Phi) is 4.66. The largest absolute Gasteiger partial charge is 0.314 e. The molecule has 0 spiro atoms. The molecule has 1 amide bonds. The molecule has 0 bridgehead atoms. The quantitative estimate of drug-likeness (QED) is 0.908.